The van der Waals surface area contributed by atoms with E-state index in [4.69, 9.17) is 35.9 Å². The summed E-state index contributed by atoms with van der Waals surface area (Å²) in [5, 5.41) is 15.2. The Bertz CT molecular complexity index is 1980. The van der Waals surface area contributed by atoms with Crippen LogP contribution in [0.5, 0.6) is 17.5 Å². The normalized spacial score (nSPS) is 13.9. The molecule has 0 aliphatic carbocycles. The number of aldehydes is 1. The topological polar surface area (TPSA) is 129 Å². The maximum absolute atomic E-state index is 11.7. The summed E-state index contributed by atoms with van der Waals surface area (Å²) in [4.78, 5) is 34.6. The lowest BCUT2D eigenvalue weighted by atomic mass is 9.93. The number of rotatable bonds is 11. The van der Waals surface area contributed by atoms with E-state index in [-0.39, 0.29) is 23.8 Å². The van der Waals surface area contributed by atoms with Gasteiger partial charge >= 0.3 is 5.97 Å². The highest BCUT2D eigenvalue weighted by atomic mass is 35.5. The Morgan fingerprint density at radius 3 is 2.38 bits per heavy atom. The molecule has 1 aliphatic rings. The lowest BCUT2D eigenvalue weighted by Gasteiger charge is -2.32. The molecule has 0 bridgehead atoms. The quantitative estimate of drug-likeness (QED) is 0.153. The zero-order chi connectivity index (χ0) is 33.9. The number of methoxy groups -OCH3 is 3. The molecular weight excluding hydrogens is 634 g/mol. The zero-order valence-electron chi connectivity index (χ0n) is 27.2. The number of aromatic nitrogens is 4. The number of carboxylic acid groups (broad SMARTS) is 1. The summed E-state index contributed by atoms with van der Waals surface area (Å²) in [6, 6.07) is 15.4. The van der Waals surface area contributed by atoms with E-state index in [1.807, 2.05) is 49.4 Å². The Morgan fingerprint density at radius 1 is 0.979 bits per heavy atom. The van der Waals surface area contributed by atoms with Gasteiger partial charge in [0, 0.05) is 41.1 Å². The lowest BCUT2D eigenvalue weighted by Crippen LogP contribution is -2.34. The van der Waals surface area contributed by atoms with Crippen LogP contribution in [-0.4, -0.2) is 76.4 Å². The number of benzene rings is 2. The van der Waals surface area contributed by atoms with Crippen LogP contribution in [0.15, 0.2) is 54.7 Å². The van der Waals surface area contributed by atoms with Gasteiger partial charge in [0.2, 0.25) is 11.8 Å². The van der Waals surface area contributed by atoms with Crippen LogP contribution in [0.25, 0.3) is 39.1 Å². The summed E-state index contributed by atoms with van der Waals surface area (Å²) in [5.41, 5.74) is 6.18. The van der Waals surface area contributed by atoms with E-state index < -0.39 is 5.97 Å². The van der Waals surface area contributed by atoms with Crippen molar-refractivity contribution in [1.82, 2.24) is 24.6 Å². The number of pyridine rings is 2. The molecule has 0 spiro atoms. The van der Waals surface area contributed by atoms with E-state index in [2.05, 4.69) is 15.0 Å². The largest absolute Gasteiger partial charge is 0.496 e. The SMILES string of the molecule is COc1cc(-n2ncc3c(-c4cccc(-c5cc(C)c(CN6CCC(CC(=O)O)CC6)c(OC)n5)c4Cl)cccc32)nc(OC)c1C=O. The molecule has 2 aromatic carbocycles. The Kier molecular flexibility index (Phi) is 9.61. The summed E-state index contributed by atoms with van der Waals surface area (Å²) in [7, 11) is 4.55. The molecule has 1 saturated heterocycles. The smallest absolute Gasteiger partial charge is 0.303 e. The Labute approximate surface area is 283 Å². The number of hydrogen-bond acceptors (Lipinski definition) is 9. The minimum atomic E-state index is -0.734. The van der Waals surface area contributed by atoms with Crippen molar-refractivity contribution in [2.24, 2.45) is 5.92 Å². The van der Waals surface area contributed by atoms with E-state index in [9.17, 15) is 9.59 Å². The van der Waals surface area contributed by atoms with E-state index in [0.29, 0.717) is 41.0 Å². The molecule has 1 fully saturated rings. The highest BCUT2D eigenvalue weighted by Gasteiger charge is 2.24. The lowest BCUT2D eigenvalue weighted by molar-refractivity contribution is -0.138. The number of aliphatic carboxylic acids is 1. The predicted octanol–water partition coefficient (Wildman–Crippen LogP) is 6.64. The third-order valence-corrected chi connectivity index (χ3v) is 9.36. The van der Waals surface area contributed by atoms with Crippen molar-refractivity contribution in [3.8, 4) is 45.7 Å². The molecule has 6 rings (SSSR count). The van der Waals surface area contributed by atoms with Crippen LogP contribution in [-0.2, 0) is 11.3 Å². The maximum Gasteiger partial charge on any atom is 0.303 e. The first kappa shape index (κ1) is 32.9. The van der Waals surface area contributed by atoms with Gasteiger partial charge in [0.05, 0.1) is 43.8 Å². The third-order valence-electron chi connectivity index (χ3n) is 8.95. The minimum absolute atomic E-state index is 0.138. The fourth-order valence-electron chi connectivity index (χ4n) is 6.43. The second-order valence-corrected chi connectivity index (χ2v) is 12.2. The fourth-order valence-corrected chi connectivity index (χ4v) is 6.76. The monoisotopic (exact) mass is 669 g/mol. The summed E-state index contributed by atoms with van der Waals surface area (Å²) in [5.74, 6) is 0.919. The Morgan fingerprint density at radius 2 is 1.69 bits per heavy atom. The molecule has 0 unspecified atom stereocenters. The number of aryl methyl sites for hydroxylation is 1. The van der Waals surface area contributed by atoms with E-state index in [1.165, 1.54) is 14.2 Å². The molecule has 48 heavy (non-hydrogen) atoms. The maximum atomic E-state index is 11.7. The number of carboxylic acids is 1. The number of carbonyl (C=O) groups is 2. The van der Waals surface area contributed by atoms with Gasteiger partial charge in [-0.25, -0.2) is 9.67 Å². The van der Waals surface area contributed by atoms with Gasteiger partial charge < -0.3 is 19.3 Å². The number of piperidine rings is 1. The second kappa shape index (κ2) is 14.0. The molecule has 4 heterocycles. The molecule has 5 aromatic rings. The van der Waals surface area contributed by atoms with Crippen LogP contribution < -0.4 is 14.2 Å². The number of likely N-dealkylation sites (tertiary alicyclic amines) is 1. The van der Waals surface area contributed by atoms with Gasteiger partial charge in [0.25, 0.3) is 0 Å². The van der Waals surface area contributed by atoms with Crippen molar-refractivity contribution in [2.45, 2.75) is 32.7 Å². The molecule has 3 aromatic heterocycles. The molecular formula is C36H36ClN5O6. The van der Waals surface area contributed by atoms with E-state index in [0.717, 1.165) is 64.7 Å². The van der Waals surface area contributed by atoms with Crippen molar-refractivity contribution >= 4 is 34.8 Å². The van der Waals surface area contributed by atoms with Crippen LogP contribution in [0.4, 0.5) is 0 Å². The first-order valence-electron chi connectivity index (χ1n) is 15.6. The van der Waals surface area contributed by atoms with Gasteiger partial charge in [0.15, 0.2) is 12.1 Å². The van der Waals surface area contributed by atoms with Crippen molar-refractivity contribution < 1.29 is 28.9 Å². The molecule has 0 atom stereocenters. The van der Waals surface area contributed by atoms with Gasteiger partial charge in [-0.1, -0.05) is 41.9 Å². The molecule has 0 saturated carbocycles. The third kappa shape index (κ3) is 6.31. The number of nitrogens with zero attached hydrogens (tertiary/aromatic N) is 5. The fraction of sp³-hybridized carbons (Fsp3) is 0.306. The summed E-state index contributed by atoms with van der Waals surface area (Å²) in [6.45, 7) is 4.39. The van der Waals surface area contributed by atoms with Gasteiger partial charge in [-0.05, 0) is 62.0 Å². The van der Waals surface area contributed by atoms with Crippen molar-refractivity contribution in [3.63, 3.8) is 0 Å². The average molecular weight is 670 g/mol. The predicted molar refractivity (Wildman–Crippen MR) is 183 cm³/mol. The van der Waals surface area contributed by atoms with Crippen LogP contribution in [0, 0.1) is 12.8 Å². The molecule has 0 radical (unpaired) electrons. The standard InChI is InChI=1S/C36H36ClN5O6/c1-21-15-29(39-35(47-3)27(21)19-41-13-11-22(12-14-41)16-33(44)45)25-9-5-8-24(34(25)37)23-7-6-10-30-26(23)18-38-42(30)32-17-31(46-2)28(20-43)36(40-32)48-4/h5-10,15,17-18,20,22H,11-14,16,19H2,1-4H3,(H,44,45). The number of halogens is 1. The number of carbonyl (C=O) groups excluding carboxylic acids is 1. The molecule has 1 aliphatic heterocycles. The van der Waals surface area contributed by atoms with E-state index in [1.54, 1.807) is 24.1 Å². The van der Waals surface area contributed by atoms with Crippen LogP contribution in [0.2, 0.25) is 5.02 Å². The molecule has 248 valence electrons. The summed E-state index contributed by atoms with van der Waals surface area (Å²) < 4.78 is 18.3. The first-order valence-corrected chi connectivity index (χ1v) is 16.0. The average Bonchev–Trinajstić information content (AvgIpc) is 3.53. The number of hydrogen-bond donors (Lipinski definition) is 1. The van der Waals surface area contributed by atoms with Gasteiger partial charge in [-0.2, -0.15) is 10.1 Å². The summed E-state index contributed by atoms with van der Waals surface area (Å²) >= 11 is 7.17. The summed E-state index contributed by atoms with van der Waals surface area (Å²) in [6.07, 6.45) is 4.35. The van der Waals surface area contributed by atoms with Crippen molar-refractivity contribution in [3.05, 3.63) is 76.4 Å². The van der Waals surface area contributed by atoms with Gasteiger partial charge in [-0.3, -0.25) is 14.5 Å². The zero-order valence-corrected chi connectivity index (χ0v) is 28.0. The molecule has 11 nitrogen and oxygen atoms in total. The van der Waals surface area contributed by atoms with Crippen molar-refractivity contribution in [1.29, 1.82) is 0 Å². The Hall–Kier alpha value is -5.00. The molecule has 12 heteroatoms. The van der Waals surface area contributed by atoms with Crippen LogP contribution in [0.3, 0.4) is 0 Å². The minimum Gasteiger partial charge on any atom is -0.496 e. The van der Waals surface area contributed by atoms with Gasteiger partial charge in [-0.15, -0.1) is 0 Å². The van der Waals surface area contributed by atoms with Crippen LogP contribution >= 0.6 is 11.6 Å². The first-order chi connectivity index (χ1) is 23.3. The highest BCUT2D eigenvalue weighted by Crippen LogP contribution is 2.40. The molecule has 0 amide bonds. The number of fused-ring (bicyclic) bond motifs is 1. The molecule has 1 N–H and O–H groups in total. The van der Waals surface area contributed by atoms with Gasteiger partial charge in [0.1, 0.15) is 11.3 Å². The van der Waals surface area contributed by atoms with E-state index >= 15 is 0 Å². The Balaban J connectivity index is 1.33. The van der Waals surface area contributed by atoms with Crippen LogP contribution in [0.1, 0.15) is 40.7 Å². The number of ether oxygens (including phenoxy) is 3. The highest BCUT2D eigenvalue weighted by molar-refractivity contribution is 6.36. The van der Waals surface area contributed by atoms with Crippen molar-refractivity contribution in [2.75, 3.05) is 34.4 Å². The second-order valence-electron chi connectivity index (χ2n) is 11.8.